The molecule has 0 unspecified atom stereocenters. The molecule has 0 saturated carbocycles. The van der Waals surface area contributed by atoms with Gasteiger partial charge in [0.1, 0.15) is 28.5 Å². The van der Waals surface area contributed by atoms with Crippen molar-refractivity contribution in [3.63, 3.8) is 0 Å². The van der Waals surface area contributed by atoms with Crippen LogP contribution in [0.5, 0.6) is 17.2 Å². The quantitative estimate of drug-likeness (QED) is 0.279. The van der Waals surface area contributed by atoms with Gasteiger partial charge in [0.15, 0.2) is 5.78 Å². The first-order chi connectivity index (χ1) is 18.3. The Morgan fingerprint density at radius 3 is 2.03 bits per heavy atom. The molecule has 0 saturated heterocycles. The molecule has 0 atom stereocenters. The van der Waals surface area contributed by atoms with E-state index in [4.69, 9.17) is 19.9 Å². The van der Waals surface area contributed by atoms with Crippen molar-refractivity contribution in [3.05, 3.63) is 93.6 Å². The van der Waals surface area contributed by atoms with Crippen LogP contribution < -0.4 is 19.9 Å². The topological polar surface area (TPSA) is 70.8 Å². The number of benzene rings is 3. The van der Waals surface area contributed by atoms with Crippen molar-refractivity contribution in [1.82, 2.24) is 0 Å². The highest BCUT2D eigenvalue weighted by Crippen LogP contribution is 2.39. The van der Waals surface area contributed by atoms with Gasteiger partial charge in [-0.15, -0.1) is 0 Å². The smallest absolute Gasteiger partial charge is 0.167 e. The minimum atomic E-state index is -0.339. The van der Waals surface area contributed by atoms with Gasteiger partial charge < -0.3 is 19.9 Å². The zero-order chi connectivity index (χ0) is 28.5. The zero-order valence-corrected chi connectivity index (χ0v) is 24.3. The number of aryl methyl sites for hydroxylation is 2. The Hall–Kier alpha value is -3.99. The first-order valence-corrected chi connectivity index (χ1v) is 13.3. The van der Waals surface area contributed by atoms with E-state index >= 15 is 0 Å². The number of nitrogens with two attached hydrogens (primary N) is 1. The Bertz CT molecular complexity index is 1480. The molecule has 0 radical (unpaired) electrons. The molecule has 0 aromatic heterocycles. The van der Waals surface area contributed by atoms with Gasteiger partial charge in [0, 0.05) is 28.8 Å². The van der Waals surface area contributed by atoms with Crippen molar-refractivity contribution in [2.24, 2.45) is 0 Å². The summed E-state index contributed by atoms with van der Waals surface area (Å²) in [6.07, 6.45) is 8.47. The standard InChI is InChI=1S/C22H24O3.C12H15NO/c1-14-6-7-16(12-15(14)2)19(23)13-17-8-9-20-18(21(17)24-5)10-11-22(3,4)25-20;1-8-9-6-7-12(2,3)14-11(9)5-4-10(8)13/h6-12H,13H2,1-5H3;4-7H,13H2,1-3H3. The fourth-order valence-corrected chi connectivity index (χ4v) is 4.66. The van der Waals surface area contributed by atoms with E-state index in [9.17, 15) is 4.79 Å². The Morgan fingerprint density at radius 2 is 1.41 bits per heavy atom. The fourth-order valence-electron chi connectivity index (χ4n) is 4.66. The lowest BCUT2D eigenvalue weighted by atomic mass is 9.95. The third-order valence-corrected chi connectivity index (χ3v) is 7.19. The van der Waals surface area contributed by atoms with Crippen molar-refractivity contribution < 1.29 is 19.0 Å². The molecular weight excluding hydrogens is 486 g/mol. The van der Waals surface area contributed by atoms with E-state index in [0.29, 0.717) is 12.2 Å². The van der Waals surface area contributed by atoms with Gasteiger partial charge in [-0.1, -0.05) is 24.3 Å². The van der Waals surface area contributed by atoms with Gasteiger partial charge in [-0.3, -0.25) is 4.79 Å². The maximum absolute atomic E-state index is 12.7. The number of hydrogen-bond acceptors (Lipinski definition) is 5. The highest BCUT2D eigenvalue weighted by Gasteiger charge is 2.26. The molecule has 0 spiro atoms. The van der Waals surface area contributed by atoms with Gasteiger partial charge in [0.2, 0.25) is 0 Å². The monoisotopic (exact) mass is 525 g/mol. The maximum Gasteiger partial charge on any atom is 0.167 e. The summed E-state index contributed by atoms with van der Waals surface area (Å²) in [5, 5.41) is 0. The average Bonchev–Trinajstić information content (AvgIpc) is 2.87. The van der Waals surface area contributed by atoms with E-state index in [-0.39, 0.29) is 17.0 Å². The Morgan fingerprint density at radius 1 is 0.821 bits per heavy atom. The van der Waals surface area contributed by atoms with Gasteiger partial charge in [-0.2, -0.15) is 0 Å². The van der Waals surface area contributed by atoms with Crippen LogP contribution in [0.25, 0.3) is 12.2 Å². The second-order valence-electron chi connectivity index (χ2n) is 11.3. The summed E-state index contributed by atoms with van der Waals surface area (Å²) in [6.45, 7) is 14.2. The predicted octanol–water partition coefficient (Wildman–Crippen LogP) is 7.68. The second-order valence-corrected chi connectivity index (χ2v) is 11.3. The van der Waals surface area contributed by atoms with Crippen molar-refractivity contribution in [3.8, 4) is 17.2 Å². The molecule has 2 heterocycles. The van der Waals surface area contributed by atoms with Crippen LogP contribution in [-0.4, -0.2) is 24.1 Å². The Kier molecular flexibility index (Phi) is 7.65. The first kappa shape index (κ1) is 28.0. The SMILES string of the molecule is COc1c(CC(=O)c2ccc(C)c(C)c2)ccc2c1C=CC(C)(C)O2.Cc1c(N)ccc2c1C=CC(C)(C)O2. The zero-order valence-electron chi connectivity index (χ0n) is 24.3. The van der Waals surface area contributed by atoms with Crippen LogP contribution in [0.3, 0.4) is 0 Å². The number of fused-ring (bicyclic) bond motifs is 2. The molecule has 2 aliphatic rings. The molecule has 5 rings (SSSR count). The molecule has 5 heteroatoms. The molecular formula is C34H39NO4. The van der Waals surface area contributed by atoms with Crippen LogP contribution in [0.2, 0.25) is 0 Å². The van der Waals surface area contributed by atoms with E-state index in [1.807, 2.05) is 103 Å². The summed E-state index contributed by atoms with van der Waals surface area (Å²) < 4.78 is 17.4. The third-order valence-electron chi connectivity index (χ3n) is 7.19. The van der Waals surface area contributed by atoms with Gasteiger partial charge in [0.25, 0.3) is 0 Å². The predicted molar refractivity (Wildman–Crippen MR) is 160 cm³/mol. The summed E-state index contributed by atoms with van der Waals surface area (Å²) in [6, 6.07) is 13.5. The van der Waals surface area contributed by atoms with E-state index in [0.717, 1.165) is 50.6 Å². The largest absolute Gasteiger partial charge is 0.496 e. The second kappa shape index (κ2) is 10.6. The number of ether oxygens (including phenoxy) is 3. The number of carbonyl (C=O) groups is 1. The molecule has 0 fully saturated rings. The molecule has 5 nitrogen and oxygen atoms in total. The highest BCUT2D eigenvalue weighted by atomic mass is 16.5. The fraction of sp³-hybridized carbons (Fsp3) is 0.324. The van der Waals surface area contributed by atoms with Gasteiger partial charge in [0.05, 0.1) is 12.7 Å². The maximum atomic E-state index is 12.7. The number of hydrogen-bond donors (Lipinski definition) is 1. The molecule has 2 N–H and O–H groups in total. The molecule has 2 aliphatic heterocycles. The van der Waals surface area contributed by atoms with Crippen LogP contribution >= 0.6 is 0 Å². The normalized spacial score (nSPS) is 15.6. The molecule has 0 aliphatic carbocycles. The van der Waals surface area contributed by atoms with Crippen LogP contribution in [0, 0.1) is 20.8 Å². The summed E-state index contributed by atoms with van der Waals surface area (Å²) in [5.74, 6) is 2.50. The Labute approximate surface area is 232 Å². The minimum absolute atomic E-state index is 0.0855. The van der Waals surface area contributed by atoms with Crippen LogP contribution in [-0.2, 0) is 6.42 Å². The number of rotatable bonds is 4. The van der Waals surface area contributed by atoms with E-state index < -0.39 is 0 Å². The highest BCUT2D eigenvalue weighted by molar-refractivity contribution is 5.98. The van der Waals surface area contributed by atoms with Gasteiger partial charge in [-0.25, -0.2) is 0 Å². The number of ketones is 1. The molecule has 204 valence electrons. The van der Waals surface area contributed by atoms with E-state index in [1.165, 1.54) is 5.56 Å². The minimum Gasteiger partial charge on any atom is -0.496 e. The van der Waals surface area contributed by atoms with Crippen molar-refractivity contribution >= 4 is 23.6 Å². The van der Waals surface area contributed by atoms with Crippen LogP contribution in [0.4, 0.5) is 5.69 Å². The first-order valence-electron chi connectivity index (χ1n) is 13.3. The number of methoxy groups -OCH3 is 1. The van der Waals surface area contributed by atoms with Crippen molar-refractivity contribution in [2.75, 3.05) is 12.8 Å². The Balaban J connectivity index is 0.000000212. The lowest BCUT2D eigenvalue weighted by Crippen LogP contribution is -2.27. The van der Waals surface area contributed by atoms with Crippen LogP contribution in [0.1, 0.15) is 71.4 Å². The molecule has 0 amide bonds. The number of nitrogen functional groups attached to an aromatic ring is 1. The van der Waals surface area contributed by atoms with E-state index in [1.54, 1.807) is 7.11 Å². The number of Topliss-reactive ketones (excluding diaryl/α,β-unsaturated/α-hetero) is 1. The van der Waals surface area contributed by atoms with Gasteiger partial charge in [-0.05, 0) is 108 Å². The lowest BCUT2D eigenvalue weighted by Gasteiger charge is -2.29. The lowest BCUT2D eigenvalue weighted by molar-refractivity contribution is 0.0991. The van der Waals surface area contributed by atoms with Crippen molar-refractivity contribution in [1.29, 1.82) is 0 Å². The summed E-state index contributed by atoms with van der Waals surface area (Å²) in [5.41, 5.74) is 13.1. The van der Waals surface area contributed by atoms with Gasteiger partial charge >= 0.3 is 0 Å². The number of carbonyl (C=O) groups excluding carboxylic acids is 1. The van der Waals surface area contributed by atoms with E-state index in [2.05, 4.69) is 12.2 Å². The molecule has 39 heavy (non-hydrogen) atoms. The third kappa shape index (κ3) is 6.19. The average molecular weight is 526 g/mol. The number of anilines is 1. The molecule has 3 aromatic rings. The molecule has 0 bridgehead atoms. The summed E-state index contributed by atoms with van der Waals surface area (Å²) in [4.78, 5) is 12.7. The molecule has 3 aromatic carbocycles. The summed E-state index contributed by atoms with van der Waals surface area (Å²) in [7, 11) is 1.63. The summed E-state index contributed by atoms with van der Waals surface area (Å²) >= 11 is 0. The van der Waals surface area contributed by atoms with Crippen LogP contribution in [0.15, 0.2) is 54.6 Å². The van der Waals surface area contributed by atoms with Crippen molar-refractivity contribution in [2.45, 2.75) is 66.1 Å².